The molecule has 1 aromatic heterocycles. The van der Waals surface area contributed by atoms with Gasteiger partial charge in [0.15, 0.2) is 0 Å². The molecule has 0 saturated heterocycles. The van der Waals surface area contributed by atoms with Gasteiger partial charge in [-0.05, 0) is 6.92 Å². The van der Waals surface area contributed by atoms with Crippen molar-refractivity contribution in [2.75, 3.05) is 0 Å². The molecule has 5 heteroatoms. The molecule has 0 aliphatic carbocycles. The number of aromatic nitrogens is 2. The first-order chi connectivity index (χ1) is 5.54. The average Bonchev–Trinajstić information content (AvgIpc) is 2.32. The highest BCUT2D eigenvalue weighted by Crippen LogP contribution is 2.10. The third-order valence-corrected chi connectivity index (χ3v) is 1.84. The molecule has 1 atom stereocenters. The second kappa shape index (κ2) is 2.94. The number of imidazole rings is 1. The fraction of sp³-hybridized carbons (Fsp3) is 0.429. The second-order valence-electron chi connectivity index (χ2n) is 2.61. The highest BCUT2D eigenvalue weighted by Gasteiger charge is 2.18. The predicted octanol–water partition coefficient (Wildman–Crippen LogP) is -0.187. The molecule has 1 unspecified atom stereocenters. The smallest absolute Gasteiger partial charge is 0.326 e. The number of hydrogen-bond acceptors (Lipinski definition) is 3. The molecule has 1 aromatic rings. The van der Waals surface area contributed by atoms with Gasteiger partial charge in [0.25, 0.3) is 0 Å². The fourth-order valence-corrected chi connectivity index (χ4v) is 0.935. The molecule has 0 bridgehead atoms. The van der Waals surface area contributed by atoms with Gasteiger partial charge in [-0.3, -0.25) is 4.79 Å². The van der Waals surface area contributed by atoms with Gasteiger partial charge in [0.05, 0.1) is 11.9 Å². The Hall–Kier alpha value is -1.36. The van der Waals surface area contributed by atoms with Crippen molar-refractivity contribution in [1.82, 2.24) is 9.55 Å². The first-order valence-corrected chi connectivity index (χ1v) is 3.50. The molecule has 1 heterocycles. The maximum atomic E-state index is 10.5. The van der Waals surface area contributed by atoms with Crippen LogP contribution in [0.4, 0.5) is 0 Å². The van der Waals surface area contributed by atoms with Crippen molar-refractivity contribution in [2.45, 2.75) is 13.0 Å². The van der Waals surface area contributed by atoms with Gasteiger partial charge in [-0.1, -0.05) is 0 Å². The van der Waals surface area contributed by atoms with Gasteiger partial charge in [-0.25, -0.2) is 4.98 Å². The maximum Gasteiger partial charge on any atom is 0.326 e. The Balaban J connectivity index is 3.03. The minimum Gasteiger partial charge on any atom is -0.480 e. The molecule has 0 amide bonds. The van der Waals surface area contributed by atoms with Crippen LogP contribution in [0, 0.1) is 6.92 Å². The number of aliphatic carboxylic acids is 1. The van der Waals surface area contributed by atoms with E-state index in [4.69, 9.17) is 10.8 Å². The Morgan fingerprint density at radius 3 is 2.75 bits per heavy atom. The topological polar surface area (TPSA) is 81.1 Å². The highest BCUT2D eigenvalue weighted by atomic mass is 16.4. The fourth-order valence-electron chi connectivity index (χ4n) is 0.935. The number of carboxylic acid groups (broad SMARTS) is 1. The average molecular weight is 169 g/mol. The van der Waals surface area contributed by atoms with Crippen LogP contribution < -0.4 is 5.73 Å². The zero-order chi connectivity index (χ0) is 9.30. The third kappa shape index (κ3) is 1.31. The summed E-state index contributed by atoms with van der Waals surface area (Å²) in [5, 5.41) is 8.60. The second-order valence-corrected chi connectivity index (χ2v) is 2.61. The SMILES string of the molecule is Cc1ncc(C(N)C(=O)O)n1C. The molecule has 0 fully saturated rings. The van der Waals surface area contributed by atoms with E-state index in [-0.39, 0.29) is 0 Å². The molecule has 0 saturated carbocycles. The molecule has 0 aliphatic heterocycles. The third-order valence-electron chi connectivity index (χ3n) is 1.84. The lowest BCUT2D eigenvalue weighted by Gasteiger charge is -2.06. The Morgan fingerprint density at radius 1 is 1.83 bits per heavy atom. The van der Waals surface area contributed by atoms with Gasteiger partial charge in [-0.2, -0.15) is 0 Å². The Morgan fingerprint density at radius 2 is 2.42 bits per heavy atom. The first kappa shape index (κ1) is 8.73. The van der Waals surface area contributed by atoms with E-state index in [0.29, 0.717) is 5.69 Å². The van der Waals surface area contributed by atoms with Gasteiger partial charge in [0.1, 0.15) is 11.9 Å². The van der Waals surface area contributed by atoms with Crippen LogP contribution in [0.3, 0.4) is 0 Å². The van der Waals surface area contributed by atoms with Crippen molar-refractivity contribution in [3.8, 4) is 0 Å². The van der Waals surface area contributed by atoms with Gasteiger partial charge < -0.3 is 15.4 Å². The van der Waals surface area contributed by atoms with Crippen LogP contribution in [0.1, 0.15) is 17.6 Å². The van der Waals surface area contributed by atoms with Gasteiger partial charge >= 0.3 is 5.97 Å². The van der Waals surface area contributed by atoms with Crippen molar-refractivity contribution >= 4 is 5.97 Å². The normalized spacial score (nSPS) is 12.9. The highest BCUT2D eigenvalue weighted by molar-refractivity contribution is 5.74. The van der Waals surface area contributed by atoms with E-state index < -0.39 is 12.0 Å². The summed E-state index contributed by atoms with van der Waals surface area (Å²) < 4.78 is 1.67. The van der Waals surface area contributed by atoms with Crippen LogP contribution in [0.2, 0.25) is 0 Å². The van der Waals surface area contributed by atoms with Crippen LogP contribution in [-0.4, -0.2) is 20.6 Å². The van der Waals surface area contributed by atoms with E-state index in [1.54, 1.807) is 18.5 Å². The lowest BCUT2D eigenvalue weighted by atomic mass is 10.2. The van der Waals surface area contributed by atoms with Gasteiger partial charge in [-0.15, -0.1) is 0 Å². The summed E-state index contributed by atoms with van der Waals surface area (Å²) in [6.45, 7) is 1.79. The number of rotatable bonds is 2. The molecule has 0 aliphatic rings. The number of nitrogens with two attached hydrogens (primary N) is 1. The summed E-state index contributed by atoms with van der Waals surface area (Å²) in [7, 11) is 1.74. The van der Waals surface area contributed by atoms with Crippen LogP contribution in [0.5, 0.6) is 0 Å². The minimum absolute atomic E-state index is 0.514. The summed E-state index contributed by atoms with van der Waals surface area (Å²) in [5.41, 5.74) is 5.91. The maximum absolute atomic E-state index is 10.5. The number of nitrogens with zero attached hydrogens (tertiary/aromatic N) is 2. The molecule has 12 heavy (non-hydrogen) atoms. The summed E-state index contributed by atoms with van der Waals surface area (Å²) in [6.07, 6.45) is 1.48. The molecule has 1 rings (SSSR count). The molecule has 0 aromatic carbocycles. The van der Waals surface area contributed by atoms with E-state index >= 15 is 0 Å². The van der Waals surface area contributed by atoms with Crippen LogP contribution in [0.25, 0.3) is 0 Å². The van der Waals surface area contributed by atoms with Crippen LogP contribution in [-0.2, 0) is 11.8 Å². The molecular weight excluding hydrogens is 158 g/mol. The van der Waals surface area contributed by atoms with Crippen LogP contribution in [0.15, 0.2) is 6.20 Å². The quantitative estimate of drug-likeness (QED) is 0.643. The monoisotopic (exact) mass is 169 g/mol. The Labute approximate surface area is 69.8 Å². The zero-order valence-corrected chi connectivity index (χ0v) is 6.98. The molecule has 5 nitrogen and oxygen atoms in total. The zero-order valence-electron chi connectivity index (χ0n) is 6.98. The summed E-state index contributed by atoms with van der Waals surface area (Å²) in [6, 6.07) is -0.990. The van der Waals surface area contributed by atoms with E-state index in [1.807, 2.05) is 0 Å². The standard InChI is InChI=1S/C7H11N3O2/c1-4-9-3-5(10(4)2)6(8)7(11)12/h3,6H,8H2,1-2H3,(H,11,12). The lowest BCUT2D eigenvalue weighted by Crippen LogP contribution is -2.23. The number of aryl methyl sites for hydroxylation is 1. The number of carboxylic acids is 1. The van der Waals surface area contributed by atoms with E-state index in [2.05, 4.69) is 4.98 Å². The molecular formula is C7H11N3O2. The van der Waals surface area contributed by atoms with Crippen molar-refractivity contribution in [3.63, 3.8) is 0 Å². The first-order valence-electron chi connectivity index (χ1n) is 3.50. The largest absolute Gasteiger partial charge is 0.480 e. The van der Waals surface area contributed by atoms with Crippen molar-refractivity contribution < 1.29 is 9.90 Å². The van der Waals surface area contributed by atoms with E-state index in [9.17, 15) is 4.79 Å². The van der Waals surface area contributed by atoms with Gasteiger partial charge in [0.2, 0.25) is 0 Å². The Bertz CT molecular complexity index is 306. The number of carbonyl (C=O) groups is 1. The number of hydrogen-bond donors (Lipinski definition) is 2. The van der Waals surface area contributed by atoms with E-state index in [0.717, 1.165) is 5.82 Å². The Kier molecular flexibility index (Phi) is 2.14. The molecule has 0 spiro atoms. The van der Waals surface area contributed by atoms with E-state index in [1.165, 1.54) is 6.20 Å². The molecule has 66 valence electrons. The van der Waals surface area contributed by atoms with Crippen molar-refractivity contribution in [3.05, 3.63) is 17.7 Å². The van der Waals surface area contributed by atoms with Crippen molar-refractivity contribution in [2.24, 2.45) is 12.8 Å². The predicted molar refractivity (Wildman–Crippen MR) is 42.5 cm³/mol. The van der Waals surface area contributed by atoms with Crippen LogP contribution >= 0.6 is 0 Å². The molecule has 0 radical (unpaired) electrons. The summed E-state index contributed by atoms with van der Waals surface area (Å²) >= 11 is 0. The summed E-state index contributed by atoms with van der Waals surface area (Å²) in [4.78, 5) is 14.4. The van der Waals surface area contributed by atoms with Crippen molar-refractivity contribution in [1.29, 1.82) is 0 Å². The summed E-state index contributed by atoms with van der Waals surface area (Å²) in [5.74, 6) is -0.292. The minimum atomic E-state index is -1.04. The molecule has 3 N–H and O–H groups in total. The van der Waals surface area contributed by atoms with Gasteiger partial charge in [0, 0.05) is 7.05 Å². The lowest BCUT2D eigenvalue weighted by molar-refractivity contribution is -0.138.